The monoisotopic (exact) mass is 365 g/mol. The maximum Gasteiger partial charge on any atom is 0.323 e. The number of hydrogen-bond donors (Lipinski definition) is 2. The lowest BCUT2D eigenvalue weighted by molar-refractivity contribution is 0.262. The van der Waals surface area contributed by atoms with Crippen molar-refractivity contribution in [3.63, 3.8) is 0 Å². The molecule has 24 heavy (non-hydrogen) atoms. The Morgan fingerprint density at radius 1 is 1.00 bits per heavy atom. The number of aryl methyl sites for hydroxylation is 1. The van der Waals surface area contributed by atoms with Gasteiger partial charge in [-0.15, -0.1) is 0 Å². The molecule has 0 aliphatic carbocycles. The van der Waals surface area contributed by atoms with Crippen molar-refractivity contribution in [2.24, 2.45) is 0 Å². The van der Waals surface area contributed by atoms with Gasteiger partial charge in [0.15, 0.2) is 0 Å². The normalized spacial score (nSPS) is 10.4. The number of nitrogens with one attached hydrogen (secondary N) is 2. The molecule has 0 heterocycles. The Labute approximate surface area is 152 Å². The molecule has 0 radical (unpaired) electrons. The van der Waals surface area contributed by atoms with Gasteiger partial charge < -0.3 is 15.5 Å². The SMILES string of the molecule is CCN(CC)c1ccc(NC(=O)Nc2ccc(Cl)c(Cl)c2)c(C)c1. The van der Waals surface area contributed by atoms with Gasteiger partial charge in [0, 0.05) is 30.2 Å². The van der Waals surface area contributed by atoms with Crippen LogP contribution in [-0.2, 0) is 0 Å². The van der Waals surface area contributed by atoms with Crippen LogP contribution in [0.4, 0.5) is 21.9 Å². The number of nitrogens with zero attached hydrogens (tertiary/aromatic N) is 1. The quantitative estimate of drug-likeness (QED) is 0.703. The highest BCUT2D eigenvalue weighted by atomic mass is 35.5. The van der Waals surface area contributed by atoms with E-state index in [4.69, 9.17) is 23.2 Å². The zero-order chi connectivity index (χ0) is 17.7. The van der Waals surface area contributed by atoms with E-state index in [0.29, 0.717) is 15.7 Å². The van der Waals surface area contributed by atoms with E-state index in [1.165, 1.54) is 0 Å². The number of halogens is 2. The molecule has 0 unspecified atom stereocenters. The molecule has 2 amide bonds. The summed E-state index contributed by atoms with van der Waals surface area (Å²) in [5.41, 5.74) is 3.50. The van der Waals surface area contributed by atoms with Crippen molar-refractivity contribution in [1.29, 1.82) is 0 Å². The van der Waals surface area contributed by atoms with Gasteiger partial charge in [0.25, 0.3) is 0 Å². The van der Waals surface area contributed by atoms with Crippen molar-refractivity contribution < 1.29 is 4.79 Å². The summed E-state index contributed by atoms with van der Waals surface area (Å²) >= 11 is 11.8. The molecular formula is C18H21Cl2N3O. The number of benzene rings is 2. The second kappa shape index (κ2) is 8.27. The van der Waals surface area contributed by atoms with Crippen LogP contribution in [-0.4, -0.2) is 19.1 Å². The van der Waals surface area contributed by atoms with E-state index in [1.807, 2.05) is 19.1 Å². The first-order valence-corrected chi connectivity index (χ1v) is 8.58. The molecule has 4 nitrogen and oxygen atoms in total. The summed E-state index contributed by atoms with van der Waals surface area (Å²) in [5.74, 6) is 0. The number of carbonyl (C=O) groups excluding carboxylic acids is 1. The van der Waals surface area contributed by atoms with E-state index in [9.17, 15) is 4.79 Å². The highest BCUT2D eigenvalue weighted by Crippen LogP contribution is 2.26. The Morgan fingerprint density at radius 2 is 1.71 bits per heavy atom. The third kappa shape index (κ3) is 4.56. The van der Waals surface area contributed by atoms with Crippen molar-refractivity contribution >= 4 is 46.3 Å². The van der Waals surface area contributed by atoms with Gasteiger partial charge in [-0.3, -0.25) is 0 Å². The van der Waals surface area contributed by atoms with Gasteiger partial charge in [-0.2, -0.15) is 0 Å². The molecule has 0 aliphatic heterocycles. The van der Waals surface area contributed by atoms with Crippen LogP contribution in [0.25, 0.3) is 0 Å². The molecule has 2 aromatic rings. The summed E-state index contributed by atoms with van der Waals surface area (Å²) in [6.07, 6.45) is 0. The van der Waals surface area contributed by atoms with Gasteiger partial charge in [-0.25, -0.2) is 4.79 Å². The van der Waals surface area contributed by atoms with Gasteiger partial charge in [0.1, 0.15) is 0 Å². The molecule has 2 rings (SSSR count). The van der Waals surface area contributed by atoms with Gasteiger partial charge in [0.05, 0.1) is 10.0 Å². The number of amides is 2. The molecule has 0 saturated heterocycles. The Morgan fingerprint density at radius 3 is 2.29 bits per heavy atom. The van der Waals surface area contributed by atoms with Crippen molar-refractivity contribution in [3.8, 4) is 0 Å². The van der Waals surface area contributed by atoms with Crippen LogP contribution in [0, 0.1) is 6.92 Å². The largest absolute Gasteiger partial charge is 0.372 e. The van der Waals surface area contributed by atoms with E-state index in [1.54, 1.807) is 18.2 Å². The first-order valence-electron chi connectivity index (χ1n) is 7.83. The maximum atomic E-state index is 12.2. The third-order valence-electron chi connectivity index (χ3n) is 3.76. The molecule has 0 aromatic heterocycles. The number of hydrogen-bond acceptors (Lipinski definition) is 2. The zero-order valence-electron chi connectivity index (χ0n) is 14.0. The summed E-state index contributed by atoms with van der Waals surface area (Å²) in [5, 5.41) is 6.44. The molecule has 0 aliphatic rings. The van der Waals surface area contributed by atoms with Crippen LogP contribution in [0.15, 0.2) is 36.4 Å². The average Bonchev–Trinajstić information content (AvgIpc) is 2.54. The first kappa shape index (κ1) is 18.4. The summed E-state index contributed by atoms with van der Waals surface area (Å²) in [6, 6.07) is 10.6. The number of carbonyl (C=O) groups is 1. The van der Waals surface area contributed by atoms with Gasteiger partial charge in [-0.1, -0.05) is 23.2 Å². The van der Waals surface area contributed by atoms with E-state index in [0.717, 1.165) is 30.0 Å². The average molecular weight is 366 g/mol. The lowest BCUT2D eigenvalue weighted by Crippen LogP contribution is -2.22. The predicted octanol–water partition coefficient (Wildman–Crippen LogP) is 5.79. The number of rotatable bonds is 5. The molecule has 2 N–H and O–H groups in total. The predicted molar refractivity (Wildman–Crippen MR) is 104 cm³/mol. The fourth-order valence-electron chi connectivity index (χ4n) is 2.43. The molecule has 6 heteroatoms. The molecule has 2 aromatic carbocycles. The van der Waals surface area contributed by atoms with E-state index in [2.05, 4.69) is 35.4 Å². The minimum absolute atomic E-state index is 0.327. The minimum Gasteiger partial charge on any atom is -0.372 e. The van der Waals surface area contributed by atoms with E-state index in [-0.39, 0.29) is 6.03 Å². The van der Waals surface area contributed by atoms with Crippen LogP contribution in [0.1, 0.15) is 19.4 Å². The van der Waals surface area contributed by atoms with Crippen LogP contribution < -0.4 is 15.5 Å². The van der Waals surface area contributed by atoms with Crippen LogP contribution >= 0.6 is 23.2 Å². The Kier molecular flexibility index (Phi) is 6.35. The zero-order valence-corrected chi connectivity index (χ0v) is 15.5. The van der Waals surface area contributed by atoms with Crippen molar-refractivity contribution in [2.75, 3.05) is 28.6 Å². The van der Waals surface area contributed by atoms with Gasteiger partial charge >= 0.3 is 6.03 Å². The van der Waals surface area contributed by atoms with Crippen LogP contribution in [0.2, 0.25) is 10.0 Å². The standard InChI is InChI=1S/C18H21Cl2N3O/c1-4-23(5-2)14-7-9-17(12(3)10-14)22-18(24)21-13-6-8-15(19)16(20)11-13/h6-11H,4-5H2,1-3H3,(H2,21,22,24). The Hall–Kier alpha value is -1.91. The highest BCUT2D eigenvalue weighted by Gasteiger charge is 2.09. The first-order chi connectivity index (χ1) is 11.4. The van der Waals surface area contributed by atoms with Gasteiger partial charge in [0.2, 0.25) is 0 Å². The highest BCUT2D eigenvalue weighted by molar-refractivity contribution is 6.42. The summed E-state index contributed by atoms with van der Waals surface area (Å²) in [6.45, 7) is 8.11. The molecule has 0 fully saturated rings. The minimum atomic E-state index is -0.327. The third-order valence-corrected chi connectivity index (χ3v) is 4.50. The number of anilines is 3. The Balaban J connectivity index is 2.07. The van der Waals surface area contributed by atoms with Crippen molar-refractivity contribution in [3.05, 3.63) is 52.0 Å². The fourth-order valence-corrected chi connectivity index (χ4v) is 2.73. The Bertz CT molecular complexity index is 730. The molecule has 0 spiro atoms. The lowest BCUT2D eigenvalue weighted by Gasteiger charge is -2.22. The van der Waals surface area contributed by atoms with E-state index < -0.39 is 0 Å². The summed E-state index contributed by atoms with van der Waals surface area (Å²) in [7, 11) is 0. The summed E-state index contributed by atoms with van der Waals surface area (Å²) in [4.78, 5) is 14.4. The molecule has 0 atom stereocenters. The summed E-state index contributed by atoms with van der Waals surface area (Å²) < 4.78 is 0. The number of urea groups is 1. The molecular weight excluding hydrogens is 345 g/mol. The van der Waals surface area contributed by atoms with Crippen LogP contribution in [0.3, 0.4) is 0 Å². The molecule has 0 bridgehead atoms. The fraction of sp³-hybridized carbons (Fsp3) is 0.278. The molecule has 0 saturated carbocycles. The smallest absolute Gasteiger partial charge is 0.323 e. The second-order valence-corrected chi connectivity index (χ2v) is 6.19. The van der Waals surface area contributed by atoms with Crippen LogP contribution in [0.5, 0.6) is 0 Å². The van der Waals surface area contributed by atoms with Crippen molar-refractivity contribution in [2.45, 2.75) is 20.8 Å². The lowest BCUT2D eigenvalue weighted by atomic mass is 10.1. The van der Waals surface area contributed by atoms with E-state index >= 15 is 0 Å². The topological polar surface area (TPSA) is 44.4 Å². The van der Waals surface area contributed by atoms with Crippen molar-refractivity contribution in [1.82, 2.24) is 0 Å². The second-order valence-electron chi connectivity index (χ2n) is 5.38. The maximum absolute atomic E-state index is 12.2. The van der Waals surface area contributed by atoms with Gasteiger partial charge in [-0.05, 0) is 62.7 Å². The molecule has 128 valence electrons.